The number of furan rings is 1. The van der Waals surface area contributed by atoms with E-state index in [0.29, 0.717) is 5.76 Å². The molecule has 0 unspecified atom stereocenters. The zero-order valence-corrected chi connectivity index (χ0v) is 11.3. The van der Waals surface area contributed by atoms with Crippen molar-refractivity contribution in [2.75, 3.05) is 0 Å². The Morgan fingerprint density at radius 2 is 2.00 bits per heavy atom. The minimum Gasteiger partial charge on any atom is -0.456 e. The Labute approximate surface area is 113 Å². The van der Waals surface area contributed by atoms with Gasteiger partial charge in [0.2, 0.25) is 0 Å². The van der Waals surface area contributed by atoms with Gasteiger partial charge in [-0.05, 0) is 36.8 Å². The number of carbonyl (C=O) groups is 1. The minimum atomic E-state index is -0.364. The number of nitrogens with one attached hydrogen (secondary N) is 1. The zero-order valence-electron chi connectivity index (χ0n) is 9.68. The summed E-state index contributed by atoms with van der Waals surface area (Å²) in [6.07, 6.45) is 1.57. The van der Waals surface area contributed by atoms with E-state index in [2.05, 4.69) is 26.5 Å². The van der Waals surface area contributed by atoms with Gasteiger partial charge < -0.3 is 4.42 Å². The predicted octanol–water partition coefficient (Wildman–Crippen LogP) is 3.11. The van der Waals surface area contributed by atoms with Gasteiger partial charge in [-0.15, -0.1) is 0 Å². The Morgan fingerprint density at radius 1 is 1.28 bits per heavy atom. The molecule has 0 spiro atoms. The van der Waals surface area contributed by atoms with E-state index in [4.69, 9.17) is 4.42 Å². The van der Waals surface area contributed by atoms with Crippen molar-refractivity contribution in [1.29, 1.82) is 0 Å². The van der Waals surface area contributed by atoms with Crippen LogP contribution in [0.25, 0.3) is 0 Å². The smallest absolute Gasteiger partial charge is 0.307 e. The van der Waals surface area contributed by atoms with Gasteiger partial charge in [-0.1, -0.05) is 28.1 Å². The average Bonchev–Trinajstić information content (AvgIpc) is 2.78. The highest BCUT2D eigenvalue weighted by molar-refractivity contribution is 9.10. The molecule has 4 nitrogen and oxygen atoms in total. The van der Waals surface area contributed by atoms with Crippen LogP contribution in [-0.2, 0) is 0 Å². The predicted molar refractivity (Wildman–Crippen MR) is 72.6 cm³/mol. The highest BCUT2D eigenvalue weighted by atomic mass is 79.9. The maximum Gasteiger partial charge on any atom is 0.307 e. The number of hydrogen-bond acceptors (Lipinski definition) is 3. The second-order valence-electron chi connectivity index (χ2n) is 3.66. The van der Waals surface area contributed by atoms with E-state index >= 15 is 0 Å². The summed E-state index contributed by atoms with van der Waals surface area (Å²) in [5.41, 5.74) is 3.30. The molecule has 0 saturated carbocycles. The van der Waals surface area contributed by atoms with Crippen LogP contribution in [0.1, 0.15) is 21.9 Å². The number of benzene rings is 1. The largest absolute Gasteiger partial charge is 0.456 e. The summed E-state index contributed by atoms with van der Waals surface area (Å²) in [7, 11) is 0. The summed E-state index contributed by atoms with van der Waals surface area (Å²) in [6.45, 7) is 1.78. The molecule has 18 heavy (non-hydrogen) atoms. The summed E-state index contributed by atoms with van der Waals surface area (Å²) in [5.74, 6) is 0.578. The fourth-order valence-corrected chi connectivity index (χ4v) is 1.59. The molecule has 0 aliphatic carbocycles. The SMILES string of the molecule is Cc1ccc(C(=O)NN=Cc2ccc(Br)cc2)o1. The summed E-state index contributed by atoms with van der Waals surface area (Å²) in [6, 6.07) is 10.9. The van der Waals surface area contributed by atoms with Gasteiger partial charge in [-0.3, -0.25) is 4.79 Å². The molecule has 0 atom stereocenters. The van der Waals surface area contributed by atoms with E-state index in [1.54, 1.807) is 25.3 Å². The molecule has 1 N–H and O–H groups in total. The molecule has 1 amide bonds. The first-order valence-corrected chi connectivity index (χ1v) is 6.10. The van der Waals surface area contributed by atoms with E-state index in [0.717, 1.165) is 10.0 Å². The van der Waals surface area contributed by atoms with E-state index in [1.165, 1.54) is 0 Å². The number of aryl methyl sites for hydroxylation is 1. The molecule has 0 bridgehead atoms. The van der Waals surface area contributed by atoms with Crippen LogP contribution in [0.4, 0.5) is 0 Å². The Kier molecular flexibility index (Phi) is 3.94. The Hall–Kier alpha value is -1.88. The number of carbonyl (C=O) groups excluding carboxylic acids is 1. The van der Waals surface area contributed by atoms with Crippen LogP contribution in [0, 0.1) is 6.92 Å². The highest BCUT2D eigenvalue weighted by Gasteiger charge is 2.07. The number of halogens is 1. The maximum atomic E-state index is 11.6. The number of hydrazone groups is 1. The van der Waals surface area contributed by atoms with Crippen LogP contribution in [-0.4, -0.2) is 12.1 Å². The first kappa shape index (κ1) is 12.6. The molecule has 0 aliphatic rings. The summed E-state index contributed by atoms with van der Waals surface area (Å²) in [4.78, 5) is 11.6. The number of rotatable bonds is 3. The number of amides is 1. The van der Waals surface area contributed by atoms with Crippen molar-refractivity contribution in [1.82, 2.24) is 5.43 Å². The Morgan fingerprint density at radius 3 is 2.61 bits per heavy atom. The number of nitrogens with zero attached hydrogens (tertiary/aromatic N) is 1. The van der Waals surface area contributed by atoms with Gasteiger partial charge in [0.25, 0.3) is 0 Å². The first-order valence-electron chi connectivity index (χ1n) is 5.30. The molecule has 92 valence electrons. The Balaban J connectivity index is 1.95. The fraction of sp³-hybridized carbons (Fsp3) is 0.0769. The van der Waals surface area contributed by atoms with Crippen molar-refractivity contribution in [2.24, 2.45) is 5.10 Å². The van der Waals surface area contributed by atoms with Crippen molar-refractivity contribution in [3.05, 3.63) is 58.0 Å². The van der Waals surface area contributed by atoms with Crippen LogP contribution in [0.3, 0.4) is 0 Å². The molecule has 0 aliphatic heterocycles. The molecule has 1 aromatic carbocycles. The molecule has 0 radical (unpaired) electrons. The second kappa shape index (κ2) is 5.64. The maximum absolute atomic E-state index is 11.6. The van der Waals surface area contributed by atoms with Crippen LogP contribution >= 0.6 is 15.9 Å². The van der Waals surface area contributed by atoms with E-state index < -0.39 is 0 Å². The van der Waals surface area contributed by atoms with Crippen LogP contribution in [0.5, 0.6) is 0 Å². The third-order valence-electron chi connectivity index (χ3n) is 2.21. The monoisotopic (exact) mass is 306 g/mol. The van der Waals surface area contributed by atoms with Crippen LogP contribution < -0.4 is 5.43 Å². The third-order valence-corrected chi connectivity index (χ3v) is 2.74. The van der Waals surface area contributed by atoms with E-state index in [1.807, 2.05) is 24.3 Å². The van der Waals surface area contributed by atoms with Crippen molar-refractivity contribution in [3.63, 3.8) is 0 Å². The van der Waals surface area contributed by atoms with Crippen molar-refractivity contribution >= 4 is 28.1 Å². The summed E-state index contributed by atoms with van der Waals surface area (Å²) >= 11 is 3.34. The van der Waals surface area contributed by atoms with E-state index in [-0.39, 0.29) is 11.7 Å². The lowest BCUT2D eigenvalue weighted by Crippen LogP contribution is -2.16. The normalized spacial score (nSPS) is 10.8. The molecule has 1 aromatic heterocycles. The lowest BCUT2D eigenvalue weighted by atomic mass is 10.2. The number of hydrogen-bond donors (Lipinski definition) is 1. The van der Waals surface area contributed by atoms with Crippen molar-refractivity contribution in [2.45, 2.75) is 6.92 Å². The average molecular weight is 307 g/mol. The lowest BCUT2D eigenvalue weighted by molar-refractivity contribution is 0.0926. The molecule has 0 fully saturated rings. The molecule has 1 heterocycles. The van der Waals surface area contributed by atoms with Crippen molar-refractivity contribution in [3.8, 4) is 0 Å². The topological polar surface area (TPSA) is 54.6 Å². The Bertz CT molecular complexity index is 573. The van der Waals surface area contributed by atoms with Crippen LogP contribution in [0.2, 0.25) is 0 Å². The molecular formula is C13H11BrN2O2. The highest BCUT2D eigenvalue weighted by Crippen LogP contribution is 2.09. The summed E-state index contributed by atoms with van der Waals surface area (Å²) < 4.78 is 6.17. The van der Waals surface area contributed by atoms with Gasteiger partial charge in [-0.2, -0.15) is 5.10 Å². The van der Waals surface area contributed by atoms with Crippen molar-refractivity contribution < 1.29 is 9.21 Å². The third kappa shape index (κ3) is 3.30. The van der Waals surface area contributed by atoms with Gasteiger partial charge in [0, 0.05) is 4.47 Å². The lowest BCUT2D eigenvalue weighted by Gasteiger charge is -1.96. The molecule has 5 heteroatoms. The molecule has 2 rings (SSSR count). The first-order chi connectivity index (χ1) is 8.65. The van der Waals surface area contributed by atoms with E-state index in [9.17, 15) is 4.79 Å². The summed E-state index contributed by atoms with van der Waals surface area (Å²) in [5, 5.41) is 3.86. The second-order valence-corrected chi connectivity index (χ2v) is 4.58. The van der Waals surface area contributed by atoms with Gasteiger partial charge in [-0.25, -0.2) is 5.43 Å². The quantitative estimate of drug-likeness (QED) is 0.699. The van der Waals surface area contributed by atoms with Gasteiger partial charge >= 0.3 is 5.91 Å². The van der Waals surface area contributed by atoms with Gasteiger partial charge in [0.1, 0.15) is 5.76 Å². The standard InChI is InChI=1S/C13H11BrN2O2/c1-9-2-7-12(18-9)13(17)16-15-8-10-3-5-11(14)6-4-10/h2-8H,1H3,(H,16,17). The van der Waals surface area contributed by atoms with Gasteiger partial charge in [0.05, 0.1) is 6.21 Å². The minimum absolute atomic E-state index is 0.250. The zero-order chi connectivity index (χ0) is 13.0. The molecule has 0 saturated heterocycles. The molecule has 2 aromatic rings. The van der Waals surface area contributed by atoms with Gasteiger partial charge in [0.15, 0.2) is 5.76 Å². The molecular weight excluding hydrogens is 296 g/mol. The van der Waals surface area contributed by atoms with Crippen LogP contribution in [0.15, 0.2) is 50.4 Å². The fourth-order valence-electron chi connectivity index (χ4n) is 1.33.